The van der Waals surface area contributed by atoms with Crippen molar-refractivity contribution in [1.29, 1.82) is 0 Å². The Bertz CT molecular complexity index is 480. The largest absolute Gasteiger partial charge is 0.494 e. The lowest BCUT2D eigenvalue weighted by Crippen LogP contribution is -2.42. The summed E-state index contributed by atoms with van der Waals surface area (Å²) in [6.07, 6.45) is 7.11. The van der Waals surface area contributed by atoms with Crippen LogP contribution in [0.1, 0.15) is 64.0 Å². The molecule has 3 nitrogen and oxygen atoms in total. The maximum absolute atomic E-state index is 6.42. The molecule has 1 aromatic carbocycles. The lowest BCUT2D eigenvalue weighted by molar-refractivity contribution is 0.0369. The van der Waals surface area contributed by atoms with Crippen LogP contribution in [0.2, 0.25) is 0 Å². The summed E-state index contributed by atoms with van der Waals surface area (Å²) < 4.78 is 12.2. The zero-order chi connectivity index (χ0) is 14.7. The van der Waals surface area contributed by atoms with Crippen molar-refractivity contribution in [2.45, 2.75) is 64.0 Å². The van der Waals surface area contributed by atoms with Crippen LogP contribution in [0.25, 0.3) is 0 Å². The molecule has 3 heteroatoms. The van der Waals surface area contributed by atoms with Gasteiger partial charge >= 0.3 is 0 Å². The number of benzene rings is 1. The average molecular weight is 289 g/mol. The zero-order valence-corrected chi connectivity index (χ0v) is 13.3. The van der Waals surface area contributed by atoms with Crippen molar-refractivity contribution in [2.75, 3.05) is 13.2 Å². The molecule has 1 N–H and O–H groups in total. The van der Waals surface area contributed by atoms with Crippen molar-refractivity contribution in [2.24, 2.45) is 0 Å². The van der Waals surface area contributed by atoms with E-state index in [-0.39, 0.29) is 5.60 Å². The number of nitrogens with one attached hydrogen (secondary N) is 1. The van der Waals surface area contributed by atoms with Gasteiger partial charge in [0.1, 0.15) is 17.1 Å². The van der Waals surface area contributed by atoms with E-state index in [1.807, 2.05) is 6.07 Å². The van der Waals surface area contributed by atoms with Gasteiger partial charge in [0.25, 0.3) is 0 Å². The van der Waals surface area contributed by atoms with E-state index in [1.54, 1.807) is 0 Å². The standard InChI is InChI=1S/C18H27NO2/c1-3-11-20-14-7-8-17-15(12-14)16(19-4-2)13-18(21-17)9-5-6-10-18/h7-8,12,16,19H,3-6,9-11,13H2,1-2H3. The van der Waals surface area contributed by atoms with Crippen LogP contribution in [0.5, 0.6) is 11.5 Å². The van der Waals surface area contributed by atoms with Crippen molar-refractivity contribution in [3.8, 4) is 11.5 Å². The molecule has 0 aromatic heterocycles. The van der Waals surface area contributed by atoms with E-state index in [2.05, 4.69) is 31.3 Å². The smallest absolute Gasteiger partial charge is 0.125 e. The molecule has 21 heavy (non-hydrogen) atoms. The lowest BCUT2D eigenvalue weighted by Gasteiger charge is -2.40. The van der Waals surface area contributed by atoms with Crippen LogP contribution in [-0.2, 0) is 0 Å². The first-order valence-corrected chi connectivity index (χ1v) is 8.45. The second-order valence-electron chi connectivity index (χ2n) is 6.35. The minimum atomic E-state index is 0.0750. The number of hydrogen-bond acceptors (Lipinski definition) is 3. The molecule has 1 fully saturated rings. The SMILES string of the molecule is CCCOc1ccc2c(c1)C(NCC)CC1(CCCC1)O2. The Morgan fingerprint density at radius 3 is 2.81 bits per heavy atom. The predicted octanol–water partition coefficient (Wildman–Crippen LogP) is 4.22. The molecule has 1 atom stereocenters. The molecular weight excluding hydrogens is 262 g/mol. The summed E-state index contributed by atoms with van der Waals surface area (Å²) in [6.45, 7) is 6.07. The van der Waals surface area contributed by atoms with Gasteiger partial charge in [-0.15, -0.1) is 0 Å². The molecule has 1 aliphatic carbocycles. The summed E-state index contributed by atoms with van der Waals surface area (Å²) in [5.41, 5.74) is 1.34. The molecule has 2 aliphatic rings. The molecule has 0 bridgehead atoms. The molecule has 3 rings (SSSR count). The fourth-order valence-corrected chi connectivity index (χ4v) is 3.71. The van der Waals surface area contributed by atoms with Crippen LogP contribution in [0.4, 0.5) is 0 Å². The minimum Gasteiger partial charge on any atom is -0.494 e. The fraction of sp³-hybridized carbons (Fsp3) is 0.667. The molecule has 116 valence electrons. The average Bonchev–Trinajstić information content (AvgIpc) is 2.93. The topological polar surface area (TPSA) is 30.5 Å². The monoisotopic (exact) mass is 289 g/mol. The molecule has 1 aliphatic heterocycles. The van der Waals surface area contributed by atoms with Gasteiger partial charge in [-0.05, 0) is 56.8 Å². The third-order valence-corrected chi connectivity index (χ3v) is 4.70. The second-order valence-corrected chi connectivity index (χ2v) is 6.35. The third-order valence-electron chi connectivity index (χ3n) is 4.70. The number of fused-ring (bicyclic) bond motifs is 1. The lowest BCUT2D eigenvalue weighted by atomic mass is 9.86. The molecule has 0 amide bonds. The first-order chi connectivity index (χ1) is 10.3. The fourth-order valence-electron chi connectivity index (χ4n) is 3.71. The zero-order valence-electron chi connectivity index (χ0n) is 13.3. The highest BCUT2D eigenvalue weighted by Crippen LogP contribution is 2.47. The Kier molecular flexibility index (Phi) is 4.39. The van der Waals surface area contributed by atoms with E-state index < -0.39 is 0 Å². The highest BCUT2D eigenvalue weighted by atomic mass is 16.5. The quantitative estimate of drug-likeness (QED) is 0.880. The van der Waals surface area contributed by atoms with Crippen molar-refractivity contribution in [3.63, 3.8) is 0 Å². The normalized spacial score (nSPS) is 22.9. The molecular formula is C18H27NO2. The van der Waals surface area contributed by atoms with Crippen LogP contribution >= 0.6 is 0 Å². The van der Waals surface area contributed by atoms with Crippen LogP contribution in [0, 0.1) is 0 Å². The second kappa shape index (κ2) is 6.27. The summed E-state index contributed by atoms with van der Waals surface area (Å²) in [5.74, 6) is 2.02. The van der Waals surface area contributed by atoms with Gasteiger partial charge in [-0.3, -0.25) is 0 Å². The van der Waals surface area contributed by atoms with Gasteiger partial charge in [0.05, 0.1) is 6.61 Å². The predicted molar refractivity (Wildman–Crippen MR) is 85.1 cm³/mol. The van der Waals surface area contributed by atoms with Gasteiger partial charge in [-0.25, -0.2) is 0 Å². The first-order valence-electron chi connectivity index (χ1n) is 8.45. The summed E-state index contributed by atoms with van der Waals surface area (Å²) in [4.78, 5) is 0. The minimum absolute atomic E-state index is 0.0750. The van der Waals surface area contributed by atoms with Gasteiger partial charge in [0.15, 0.2) is 0 Å². The molecule has 1 aromatic rings. The number of hydrogen-bond donors (Lipinski definition) is 1. The van der Waals surface area contributed by atoms with E-state index in [4.69, 9.17) is 9.47 Å². The van der Waals surface area contributed by atoms with Crippen LogP contribution in [0.15, 0.2) is 18.2 Å². The van der Waals surface area contributed by atoms with E-state index >= 15 is 0 Å². The van der Waals surface area contributed by atoms with Crippen LogP contribution in [0.3, 0.4) is 0 Å². The van der Waals surface area contributed by atoms with Crippen LogP contribution < -0.4 is 14.8 Å². The molecule has 1 unspecified atom stereocenters. The maximum atomic E-state index is 6.42. The highest BCUT2D eigenvalue weighted by molar-refractivity contribution is 5.44. The number of ether oxygens (including phenoxy) is 2. The highest BCUT2D eigenvalue weighted by Gasteiger charge is 2.42. The van der Waals surface area contributed by atoms with E-state index in [9.17, 15) is 0 Å². The first kappa shape index (κ1) is 14.7. The van der Waals surface area contributed by atoms with E-state index in [0.29, 0.717) is 6.04 Å². The number of rotatable bonds is 5. The summed E-state index contributed by atoms with van der Waals surface area (Å²) >= 11 is 0. The summed E-state index contributed by atoms with van der Waals surface area (Å²) in [6, 6.07) is 6.71. The summed E-state index contributed by atoms with van der Waals surface area (Å²) in [5, 5.41) is 3.64. The van der Waals surface area contributed by atoms with Gasteiger partial charge < -0.3 is 14.8 Å². The molecule has 1 saturated carbocycles. The third kappa shape index (κ3) is 3.03. The van der Waals surface area contributed by atoms with Gasteiger partial charge in [-0.1, -0.05) is 13.8 Å². The molecule has 1 spiro atoms. The Balaban J connectivity index is 1.87. The van der Waals surface area contributed by atoms with Crippen molar-refractivity contribution >= 4 is 0 Å². The van der Waals surface area contributed by atoms with E-state index in [0.717, 1.165) is 37.5 Å². The van der Waals surface area contributed by atoms with Gasteiger partial charge in [-0.2, -0.15) is 0 Å². The molecule has 0 saturated heterocycles. The van der Waals surface area contributed by atoms with Gasteiger partial charge in [0, 0.05) is 18.0 Å². The maximum Gasteiger partial charge on any atom is 0.125 e. The van der Waals surface area contributed by atoms with Crippen molar-refractivity contribution in [1.82, 2.24) is 5.32 Å². The summed E-state index contributed by atoms with van der Waals surface area (Å²) in [7, 11) is 0. The Morgan fingerprint density at radius 2 is 2.10 bits per heavy atom. The van der Waals surface area contributed by atoms with Crippen LogP contribution in [-0.4, -0.2) is 18.8 Å². The van der Waals surface area contributed by atoms with Gasteiger partial charge in [0.2, 0.25) is 0 Å². The molecule has 0 radical (unpaired) electrons. The molecule has 1 heterocycles. The Hall–Kier alpha value is -1.22. The van der Waals surface area contributed by atoms with Crippen molar-refractivity contribution < 1.29 is 9.47 Å². The Morgan fingerprint density at radius 1 is 1.29 bits per heavy atom. The Labute approximate surface area is 128 Å². The van der Waals surface area contributed by atoms with E-state index in [1.165, 1.54) is 31.2 Å². The van der Waals surface area contributed by atoms with Crippen molar-refractivity contribution in [3.05, 3.63) is 23.8 Å².